The zero-order valence-corrected chi connectivity index (χ0v) is 15.2. The van der Waals surface area contributed by atoms with Gasteiger partial charge in [0.05, 0.1) is 17.7 Å². The molecule has 2 aromatic rings. The Morgan fingerprint density at radius 3 is 3.00 bits per heavy atom. The van der Waals surface area contributed by atoms with Crippen LogP contribution in [0.3, 0.4) is 0 Å². The molecule has 2 aromatic heterocycles. The third-order valence-electron chi connectivity index (χ3n) is 4.35. The van der Waals surface area contributed by atoms with Gasteiger partial charge in [0, 0.05) is 17.8 Å². The number of nitrogens with zero attached hydrogens (tertiary/aromatic N) is 1. The number of amides is 1. The van der Waals surface area contributed by atoms with E-state index < -0.39 is 0 Å². The summed E-state index contributed by atoms with van der Waals surface area (Å²) in [6.07, 6.45) is 2.85. The number of hydrogen-bond donors (Lipinski definition) is 2. The van der Waals surface area contributed by atoms with Crippen molar-refractivity contribution in [3.8, 4) is 0 Å². The number of rotatable bonds is 5. The minimum atomic E-state index is -0.0311. The zero-order valence-electron chi connectivity index (χ0n) is 13.6. The van der Waals surface area contributed by atoms with Gasteiger partial charge >= 0.3 is 0 Å². The van der Waals surface area contributed by atoms with Gasteiger partial charge in [-0.3, -0.25) is 4.79 Å². The third kappa shape index (κ3) is 4.19. The van der Waals surface area contributed by atoms with Gasteiger partial charge in [-0.25, -0.2) is 4.98 Å². The van der Waals surface area contributed by atoms with E-state index in [1.54, 1.807) is 22.7 Å². The summed E-state index contributed by atoms with van der Waals surface area (Å²) in [5, 5.41) is 11.8. The Morgan fingerprint density at radius 2 is 2.39 bits per heavy atom. The summed E-state index contributed by atoms with van der Waals surface area (Å²) in [6.45, 7) is 5.93. The predicted octanol–water partition coefficient (Wildman–Crippen LogP) is 3.22. The fourth-order valence-corrected chi connectivity index (χ4v) is 4.51. The highest BCUT2D eigenvalue weighted by Crippen LogP contribution is 2.27. The van der Waals surface area contributed by atoms with Crippen molar-refractivity contribution >= 4 is 28.6 Å². The first-order valence-corrected chi connectivity index (χ1v) is 9.85. The summed E-state index contributed by atoms with van der Waals surface area (Å²) in [5.74, 6) is 0.235. The van der Waals surface area contributed by atoms with E-state index in [1.807, 2.05) is 6.92 Å². The summed E-state index contributed by atoms with van der Waals surface area (Å²) in [7, 11) is 0. The molecule has 1 aliphatic heterocycles. The van der Waals surface area contributed by atoms with Crippen LogP contribution in [0.2, 0.25) is 0 Å². The maximum Gasteiger partial charge on any atom is 0.224 e. The van der Waals surface area contributed by atoms with Gasteiger partial charge in [-0.05, 0) is 55.6 Å². The van der Waals surface area contributed by atoms with Crippen LogP contribution >= 0.6 is 22.7 Å². The van der Waals surface area contributed by atoms with Crippen molar-refractivity contribution in [2.75, 3.05) is 13.1 Å². The fraction of sp³-hybridized carbons (Fsp3) is 0.529. The lowest BCUT2D eigenvalue weighted by Crippen LogP contribution is -2.42. The molecule has 1 fully saturated rings. The summed E-state index contributed by atoms with van der Waals surface area (Å²) >= 11 is 3.39. The minimum absolute atomic E-state index is 0.0311. The molecule has 0 unspecified atom stereocenters. The van der Waals surface area contributed by atoms with Gasteiger partial charge in [-0.15, -0.1) is 11.3 Å². The van der Waals surface area contributed by atoms with Gasteiger partial charge < -0.3 is 10.6 Å². The van der Waals surface area contributed by atoms with Crippen LogP contribution in [0, 0.1) is 19.8 Å². The number of thiophene rings is 1. The molecular formula is C17H23N3OS2. The number of aromatic nitrogens is 1. The van der Waals surface area contributed by atoms with Crippen LogP contribution in [0.5, 0.6) is 0 Å². The van der Waals surface area contributed by atoms with E-state index in [2.05, 4.69) is 39.4 Å². The number of thiazole rings is 1. The Bertz CT molecular complexity index is 625. The molecule has 2 N–H and O–H groups in total. The van der Waals surface area contributed by atoms with Crippen molar-refractivity contribution in [2.24, 2.45) is 5.92 Å². The predicted molar refractivity (Wildman–Crippen MR) is 96.1 cm³/mol. The van der Waals surface area contributed by atoms with E-state index in [9.17, 15) is 4.79 Å². The minimum Gasteiger partial charge on any atom is -0.346 e. The number of carbonyl (C=O) groups excluding carboxylic acids is 1. The van der Waals surface area contributed by atoms with Crippen LogP contribution in [-0.4, -0.2) is 24.0 Å². The molecule has 3 heterocycles. The number of hydrogen-bond acceptors (Lipinski definition) is 5. The standard InChI is InChI=1S/C17H23N3OS2/c1-11-12(2)23-17(19-11)15(8-13-5-7-22-10-13)20-16(21)14-4-3-6-18-9-14/h5,7,10,14-15,18H,3-4,6,8-9H2,1-2H3,(H,20,21)/t14-,15-/m1/s1. The Morgan fingerprint density at radius 1 is 1.52 bits per heavy atom. The highest BCUT2D eigenvalue weighted by Gasteiger charge is 2.25. The van der Waals surface area contributed by atoms with Gasteiger partial charge in [0.2, 0.25) is 5.91 Å². The Hall–Kier alpha value is -1.24. The number of nitrogens with one attached hydrogen (secondary N) is 2. The van der Waals surface area contributed by atoms with Crippen molar-refractivity contribution in [1.29, 1.82) is 0 Å². The molecule has 1 aliphatic rings. The second-order valence-electron chi connectivity index (χ2n) is 6.13. The van der Waals surface area contributed by atoms with Gasteiger partial charge in [0.25, 0.3) is 0 Å². The van der Waals surface area contributed by atoms with Crippen molar-refractivity contribution in [3.05, 3.63) is 38.0 Å². The zero-order chi connectivity index (χ0) is 16.2. The number of carbonyl (C=O) groups is 1. The van der Waals surface area contributed by atoms with Crippen molar-refractivity contribution < 1.29 is 4.79 Å². The van der Waals surface area contributed by atoms with Crippen LogP contribution < -0.4 is 10.6 Å². The fourth-order valence-electron chi connectivity index (χ4n) is 2.86. The Balaban J connectivity index is 1.75. The first-order valence-electron chi connectivity index (χ1n) is 8.09. The van der Waals surface area contributed by atoms with Gasteiger partial charge in [0.1, 0.15) is 5.01 Å². The molecule has 0 aliphatic carbocycles. The molecule has 4 nitrogen and oxygen atoms in total. The average Bonchev–Trinajstić information content (AvgIpc) is 3.18. The molecule has 2 atom stereocenters. The molecule has 124 valence electrons. The van der Waals surface area contributed by atoms with Gasteiger partial charge in [0.15, 0.2) is 0 Å². The summed E-state index contributed by atoms with van der Waals surface area (Å²) in [5.41, 5.74) is 2.32. The van der Waals surface area contributed by atoms with Crippen LogP contribution in [0.1, 0.15) is 40.0 Å². The molecular weight excluding hydrogens is 326 g/mol. The number of piperidine rings is 1. The normalized spacial score (nSPS) is 19.5. The lowest BCUT2D eigenvalue weighted by atomic mass is 9.98. The third-order valence-corrected chi connectivity index (χ3v) is 6.27. The Kier molecular flexibility index (Phi) is 5.46. The van der Waals surface area contributed by atoms with E-state index in [0.717, 1.165) is 43.1 Å². The monoisotopic (exact) mass is 349 g/mol. The molecule has 6 heteroatoms. The summed E-state index contributed by atoms with van der Waals surface area (Å²) < 4.78 is 0. The van der Waals surface area contributed by atoms with E-state index in [0.29, 0.717) is 0 Å². The second kappa shape index (κ2) is 7.55. The van der Waals surface area contributed by atoms with Crippen LogP contribution in [0.25, 0.3) is 0 Å². The van der Waals surface area contributed by atoms with Crippen molar-refractivity contribution in [3.63, 3.8) is 0 Å². The highest BCUT2D eigenvalue weighted by atomic mass is 32.1. The van der Waals surface area contributed by atoms with Crippen LogP contribution in [-0.2, 0) is 11.2 Å². The molecule has 0 aromatic carbocycles. The molecule has 0 bridgehead atoms. The van der Waals surface area contributed by atoms with Crippen LogP contribution in [0.4, 0.5) is 0 Å². The highest BCUT2D eigenvalue weighted by molar-refractivity contribution is 7.11. The SMILES string of the molecule is Cc1nc([C@@H](Cc2ccsc2)NC(=O)[C@@H]2CCCNC2)sc1C. The van der Waals surface area contributed by atoms with E-state index in [1.165, 1.54) is 10.4 Å². The topological polar surface area (TPSA) is 54.0 Å². The molecule has 0 spiro atoms. The maximum atomic E-state index is 12.6. The first kappa shape index (κ1) is 16.6. The first-order chi connectivity index (χ1) is 11.1. The molecule has 1 saturated heterocycles. The number of aryl methyl sites for hydroxylation is 2. The maximum absolute atomic E-state index is 12.6. The van der Waals surface area contributed by atoms with Gasteiger partial charge in [-0.1, -0.05) is 0 Å². The van der Waals surface area contributed by atoms with Crippen LogP contribution in [0.15, 0.2) is 16.8 Å². The van der Waals surface area contributed by atoms with Crippen molar-refractivity contribution in [2.45, 2.75) is 39.2 Å². The van der Waals surface area contributed by atoms with Crippen molar-refractivity contribution in [1.82, 2.24) is 15.6 Å². The Labute approximate surface area is 145 Å². The quantitative estimate of drug-likeness (QED) is 0.871. The smallest absolute Gasteiger partial charge is 0.224 e. The molecule has 3 rings (SSSR count). The molecule has 0 radical (unpaired) electrons. The van der Waals surface area contributed by atoms with E-state index in [4.69, 9.17) is 0 Å². The lowest BCUT2D eigenvalue weighted by molar-refractivity contribution is -0.126. The second-order valence-corrected chi connectivity index (χ2v) is 8.15. The summed E-state index contributed by atoms with van der Waals surface area (Å²) in [4.78, 5) is 18.5. The molecule has 1 amide bonds. The lowest BCUT2D eigenvalue weighted by Gasteiger charge is -2.24. The average molecular weight is 350 g/mol. The largest absolute Gasteiger partial charge is 0.346 e. The summed E-state index contributed by atoms with van der Waals surface area (Å²) in [6, 6.07) is 2.09. The van der Waals surface area contributed by atoms with E-state index >= 15 is 0 Å². The van der Waals surface area contributed by atoms with E-state index in [-0.39, 0.29) is 17.9 Å². The molecule has 23 heavy (non-hydrogen) atoms. The molecule has 0 saturated carbocycles. The van der Waals surface area contributed by atoms with Gasteiger partial charge in [-0.2, -0.15) is 11.3 Å².